The van der Waals surface area contributed by atoms with Gasteiger partial charge in [-0.15, -0.1) is 0 Å². The van der Waals surface area contributed by atoms with Crippen molar-refractivity contribution >= 4 is 5.91 Å². The number of nitriles is 1. The molecular formula is C20H27F3N4O+2. The van der Waals surface area contributed by atoms with Crippen molar-refractivity contribution in [1.82, 2.24) is 5.32 Å². The van der Waals surface area contributed by atoms with Crippen LogP contribution in [0.4, 0.5) is 13.2 Å². The number of alkyl halides is 3. The van der Waals surface area contributed by atoms with Gasteiger partial charge in [0.2, 0.25) is 0 Å². The van der Waals surface area contributed by atoms with Crippen LogP contribution in [-0.4, -0.2) is 44.2 Å². The lowest BCUT2D eigenvalue weighted by atomic mass is 9.98. The number of nitrogens with zero attached hydrogens (tertiary/aromatic N) is 1. The van der Waals surface area contributed by atoms with E-state index in [0.717, 1.165) is 50.0 Å². The number of carbonyl (C=O) groups is 1. The quantitative estimate of drug-likeness (QED) is 0.624. The minimum atomic E-state index is -4.32. The molecule has 0 unspecified atom stereocenters. The van der Waals surface area contributed by atoms with E-state index in [2.05, 4.69) is 11.4 Å². The van der Waals surface area contributed by atoms with E-state index >= 15 is 0 Å². The zero-order chi connectivity index (χ0) is 20.4. The molecule has 28 heavy (non-hydrogen) atoms. The van der Waals surface area contributed by atoms with E-state index in [1.807, 2.05) is 0 Å². The highest BCUT2D eigenvalue weighted by atomic mass is 19.4. The first-order valence-electron chi connectivity index (χ1n) is 9.75. The maximum Gasteiger partial charge on any atom is 0.416 e. The van der Waals surface area contributed by atoms with Crippen molar-refractivity contribution in [2.24, 2.45) is 5.92 Å². The molecule has 1 heterocycles. The number of rotatable bonds is 6. The van der Waals surface area contributed by atoms with Gasteiger partial charge in [-0.2, -0.15) is 18.4 Å². The van der Waals surface area contributed by atoms with E-state index in [1.54, 1.807) is 13.0 Å². The molecule has 1 aliphatic carbocycles. The fourth-order valence-electron chi connectivity index (χ4n) is 3.90. The first-order chi connectivity index (χ1) is 13.2. The van der Waals surface area contributed by atoms with Crippen LogP contribution in [0, 0.1) is 17.2 Å². The summed E-state index contributed by atoms with van der Waals surface area (Å²) in [5.74, 6) is 0.150. The molecule has 3 N–H and O–H groups in total. The Morgan fingerprint density at radius 2 is 1.86 bits per heavy atom. The standard InChI is InChI=1S/C20H25F3N4O/c1-19(14-24,16-5-6-16)25-18(28)13-27-9-7-26(8-10-27)12-15-3-2-4-17(11-15)20(21,22)23/h2-4,11,16H,5-10,12-13H2,1H3,(H,25,28)/p+2/t19-/m0/s1. The molecular weight excluding hydrogens is 369 g/mol. The summed E-state index contributed by atoms with van der Waals surface area (Å²) in [6.45, 7) is 5.85. The number of hydrogen-bond donors (Lipinski definition) is 3. The molecule has 152 valence electrons. The van der Waals surface area contributed by atoms with Crippen molar-refractivity contribution in [2.75, 3.05) is 32.7 Å². The van der Waals surface area contributed by atoms with Crippen LogP contribution in [0.2, 0.25) is 0 Å². The average molecular weight is 396 g/mol. The first-order valence-corrected chi connectivity index (χ1v) is 9.75. The number of amides is 1. The third kappa shape index (κ3) is 5.24. The second kappa shape index (κ2) is 8.10. The topological polar surface area (TPSA) is 61.8 Å². The third-order valence-corrected chi connectivity index (χ3v) is 5.81. The van der Waals surface area contributed by atoms with Gasteiger partial charge >= 0.3 is 6.18 Å². The van der Waals surface area contributed by atoms with Gasteiger partial charge in [0, 0.05) is 5.56 Å². The Labute approximate surface area is 163 Å². The van der Waals surface area contributed by atoms with Gasteiger partial charge < -0.3 is 15.1 Å². The van der Waals surface area contributed by atoms with Gasteiger partial charge in [-0.05, 0) is 37.8 Å². The fraction of sp³-hybridized carbons (Fsp3) is 0.600. The Morgan fingerprint density at radius 3 is 2.43 bits per heavy atom. The van der Waals surface area contributed by atoms with Gasteiger partial charge in [0.15, 0.2) is 6.54 Å². The van der Waals surface area contributed by atoms with Gasteiger partial charge in [-0.1, -0.05) is 12.1 Å². The molecule has 1 aromatic rings. The summed E-state index contributed by atoms with van der Waals surface area (Å²) in [6, 6.07) is 7.73. The monoisotopic (exact) mass is 396 g/mol. The van der Waals surface area contributed by atoms with Crippen LogP contribution in [0.1, 0.15) is 30.9 Å². The number of benzene rings is 1. The maximum absolute atomic E-state index is 12.8. The molecule has 0 aromatic heterocycles. The zero-order valence-corrected chi connectivity index (χ0v) is 16.0. The van der Waals surface area contributed by atoms with Gasteiger partial charge in [0.05, 0.1) is 11.6 Å². The van der Waals surface area contributed by atoms with Crippen molar-refractivity contribution in [3.8, 4) is 6.07 Å². The van der Waals surface area contributed by atoms with E-state index < -0.39 is 17.3 Å². The number of piperazine rings is 1. The Hall–Kier alpha value is -2.11. The average Bonchev–Trinajstić information content (AvgIpc) is 3.48. The molecule has 2 fully saturated rings. The molecule has 1 amide bonds. The summed E-state index contributed by atoms with van der Waals surface area (Å²) in [7, 11) is 0. The second-order valence-corrected chi connectivity index (χ2v) is 8.19. The van der Waals surface area contributed by atoms with Crippen LogP contribution in [0.5, 0.6) is 0 Å². The summed E-state index contributed by atoms with van der Waals surface area (Å²) in [6.07, 6.45) is -2.36. The predicted octanol–water partition coefficient (Wildman–Crippen LogP) is -0.203. The first kappa shape index (κ1) is 20.6. The van der Waals surface area contributed by atoms with Gasteiger partial charge in [-0.3, -0.25) is 4.79 Å². The molecule has 5 nitrogen and oxygen atoms in total. The van der Waals surface area contributed by atoms with Gasteiger partial charge in [-0.25, -0.2) is 0 Å². The predicted molar refractivity (Wildman–Crippen MR) is 96.3 cm³/mol. The van der Waals surface area contributed by atoms with Crippen molar-refractivity contribution in [3.63, 3.8) is 0 Å². The Balaban J connectivity index is 1.46. The molecule has 1 saturated carbocycles. The molecule has 3 rings (SSSR count). The highest BCUT2D eigenvalue weighted by Crippen LogP contribution is 2.39. The molecule has 8 heteroatoms. The second-order valence-electron chi connectivity index (χ2n) is 8.19. The minimum Gasteiger partial charge on any atom is -0.333 e. The highest BCUT2D eigenvalue weighted by Gasteiger charge is 2.43. The van der Waals surface area contributed by atoms with Crippen molar-refractivity contribution in [3.05, 3.63) is 35.4 Å². The summed E-state index contributed by atoms with van der Waals surface area (Å²) in [4.78, 5) is 14.7. The highest BCUT2D eigenvalue weighted by molar-refractivity contribution is 5.78. The molecule has 1 aliphatic heterocycles. The number of quaternary nitrogens is 2. The third-order valence-electron chi connectivity index (χ3n) is 5.81. The molecule has 2 aliphatic rings. The number of nitrogens with one attached hydrogen (secondary N) is 3. The molecule has 1 saturated heterocycles. The van der Waals surface area contributed by atoms with E-state index in [9.17, 15) is 23.2 Å². The van der Waals surface area contributed by atoms with Gasteiger partial charge in [0.25, 0.3) is 5.91 Å². The normalized spacial score (nSPS) is 24.8. The SMILES string of the molecule is C[C@@](C#N)(NC(=O)C[NH+]1CC[NH+](Cc2cccc(C(F)(F)F)c2)CC1)C1CC1. The number of hydrogen-bond acceptors (Lipinski definition) is 2. The van der Waals surface area contributed by atoms with Crippen LogP contribution < -0.4 is 15.1 Å². The van der Waals surface area contributed by atoms with E-state index in [0.29, 0.717) is 18.7 Å². The van der Waals surface area contributed by atoms with Gasteiger partial charge in [0.1, 0.15) is 38.3 Å². The molecule has 0 spiro atoms. The summed E-state index contributed by atoms with van der Waals surface area (Å²) >= 11 is 0. The van der Waals surface area contributed by atoms with Crippen LogP contribution in [0.3, 0.4) is 0 Å². The van der Waals surface area contributed by atoms with Crippen LogP contribution in [0.15, 0.2) is 24.3 Å². The minimum absolute atomic E-state index is 0.104. The maximum atomic E-state index is 12.8. The summed E-state index contributed by atoms with van der Waals surface area (Å²) in [5, 5.41) is 12.2. The summed E-state index contributed by atoms with van der Waals surface area (Å²) in [5.41, 5.74) is -0.700. The Morgan fingerprint density at radius 1 is 1.21 bits per heavy atom. The van der Waals surface area contributed by atoms with Crippen LogP contribution in [0.25, 0.3) is 0 Å². The van der Waals surface area contributed by atoms with Crippen LogP contribution in [-0.2, 0) is 17.5 Å². The molecule has 0 bridgehead atoms. The fourth-order valence-corrected chi connectivity index (χ4v) is 3.90. The summed E-state index contributed by atoms with van der Waals surface area (Å²) < 4.78 is 38.5. The smallest absolute Gasteiger partial charge is 0.333 e. The number of halogens is 3. The molecule has 1 aromatic carbocycles. The van der Waals surface area contributed by atoms with Crippen LogP contribution >= 0.6 is 0 Å². The van der Waals surface area contributed by atoms with E-state index in [-0.39, 0.29) is 11.8 Å². The van der Waals surface area contributed by atoms with Crippen molar-refractivity contribution in [2.45, 2.75) is 38.0 Å². The van der Waals surface area contributed by atoms with E-state index in [1.165, 1.54) is 17.0 Å². The molecule has 1 atom stereocenters. The van der Waals surface area contributed by atoms with Crippen molar-refractivity contribution < 1.29 is 27.8 Å². The van der Waals surface area contributed by atoms with E-state index in [4.69, 9.17) is 0 Å². The Bertz CT molecular complexity index is 749. The largest absolute Gasteiger partial charge is 0.416 e. The lowest BCUT2D eigenvalue weighted by molar-refractivity contribution is -1.02. The Kier molecular flexibility index (Phi) is 5.96. The molecule has 0 radical (unpaired) electrons. The zero-order valence-electron chi connectivity index (χ0n) is 16.0. The number of carbonyl (C=O) groups excluding carboxylic acids is 1. The lowest BCUT2D eigenvalue weighted by Gasteiger charge is -2.30. The lowest BCUT2D eigenvalue weighted by Crippen LogP contribution is -3.28. The van der Waals surface area contributed by atoms with Crippen molar-refractivity contribution in [1.29, 1.82) is 5.26 Å².